The van der Waals surface area contributed by atoms with Crippen molar-refractivity contribution in [2.75, 3.05) is 6.61 Å². The molecule has 19 atom stereocenters. The maximum atomic E-state index is 12.5. The van der Waals surface area contributed by atoms with Gasteiger partial charge in [-0.2, -0.15) is 0 Å². The average molecular weight is 683 g/mol. The Kier molecular flexibility index (Phi) is 9.14. The van der Waals surface area contributed by atoms with Crippen LogP contribution in [0, 0.1) is 34.5 Å². The molecule has 7 aliphatic rings. The molecule has 0 radical (unpaired) electrons. The minimum Gasteiger partial charge on any atom is -0.458 e. The minimum atomic E-state index is -1.56. The molecule has 3 heterocycles. The maximum absolute atomic E-state index is 12.5. The summed E-state index contributed by atoms with van der Waals surface area (Å²) in [6, 6.07) is 0. The van der Waals surface area contributed by atoms with Gasteiger partial charge < -0.3 is 59.4 Å². The van der Waals surface area contributed by atoms with E-state index < -0.39 is 78.5 Å². The number of aliphatic hydroxyl groups is 7. The lowest BCUT2D eigenvalue weighted by Crippen LogP contribution is -2.66. The van der Waals surface area contributed by atoms with Gasteiger partial charge in [0.25, 0.3) is 0 Å². The zero-order valence-electron chi connectivity index (χ0n) is 28.3. The van der Waals surface area contributed by atoms with Crippen LogP contribution in [0.2, 0.25) is 0 Å². The highest BCUT2D eigenvalue weighted by Crippen LogP contribution is 2.70. The van der Waals surface area contributed by atoms with Gasteiger partial charge in [-0.3, -0.25) is 0 Å². The van der Waals surface area contributed by atoms with Crippen molar-refractivity contribution in [2.24, 2.45) is 34.5 Å². The second kappa shape index (κ2) is 12.5. The number of aliphatic hydroxyl groups excluding tert-OH is 6. The van der Waals surface area contributed by atoms with E-state index in [2.05, 4.69) is 13.8 Å². The summed E-state index contributed by atoms with van der Waals surface area (Å²) < 4.78 is 28.9. The van der Waals surface area contributed by atoms with E-state index in [1.54, 1.807) is 13.0 Å². The molecule has 13 nitrogen and oxygen atoms in total. The Bertz CT molecular complexity index is 1260. The van der Waals surface area contributed by atoms with Gasteiger partial charge in [-0.05, 0) is 99.9 Å². The number of cyclic esters (lactones) is 1. The molecule has 0 unspecified atom stereocenters. The lowest BCUT2D eigenvalue weighted by molar-refractivity contribution is -0.357. The number of hydrogen-bond donors (Lipinski definition) is 7. The van der Waals surface area contributed by atoms with E-state index in [0.29, 0.717) is 25.7 Å². The average Bonchev–Trinajstić information content (AvgIpc) is 3.58. The van der Waals surface area contributed by atoms with Crippen molar-refractivity contribution in [3.8, 4) is 0 Å². The zero-order chi connectivity index (χ0) is 34.5. The fourth-order valence-corrected chi connectivity index (χ4v) is 11.4. The van der Waals surface area contributed by atoms with E-state index in [4.69, 9.17) is 23.7 Å². The van der Waals surface area contributed by atoms with Crippen LogP contribution in [0.5, 0.6) is 0 Å². The lowest BCUT2D eigenvalue weighted by Gasteiger charge is -2.65. The van der Waals surface area contributed by atoms with Gasteiger partial charge in [0.1, 0.15) is 43.2 Å². The van der Waals surface area contributed by atoms with Crippen molar-refractivity contribution in [3.63, 3.8) is 0 Å². The van der Waals surface area contributed by atoms with Crippen LogP contribution in [-0.2, 0) is 28.5 Å². The van der Waals surface area contributed by atoms with Crippen LogP contribution in [0.25, 0.3) is 0 Å². The van der Waals surface area contributed by atoms with Crippen LogP contribution >= 0.6 is 0 Å². The van der Waals surface area contributed by atoms with Crippen LogP contribution in [0.4, 0.5) is 0 Å². The minimum absolute atomic E-state index is 0.00723. The number of esters is 1. The number of carbonyl (C=O) groups excluding carboxylic acids is 1. The molecule has 0 aromatic rings. The smallest absolute Gasteiger partial charge is 0.331 e. The topological polar surface area (TPSA) is 205 Å². The van der Waals surface area contributed by atoms with E-state index >= 15 is 0 Å². The molecule has 0 bridgehead atoms. The van der Waals surface area contributed by atoms with E-state index in [-0.39, 0.29) is 47.8 Å². The van der Waals surface area contributed by atoms with Gasteiger partial charge in [0.2, 0.25) is 0 Å². The molecule has 48 heavy (non-hydrogen) atoms. The number of rotatable bonds is 5. The molecular formula is C35H54O13. The third-order valence-corrected chi connectivity index (χ3v) is 14.1. The van der Waals surface area contributed by atoms with Gasteiger partial charge in [0, 0.05) is 11.5 Å². The summed E-state index contributed by atoms with van der Waals surface area (Å²) >= 11 is 0. The number of ether oxygens (including phenoxy) is 5. The summed E-state index contributed by atoms with van der Waals surface area (Å²) in [5.41, 5.74) is -0.796. The standard InChI is InChI=1S/C35H54O13/c1-15-25(38)26(39)28(41)32(45-15)48-30-16(2)46-31(29(42)27(30)40)47-19-7-9-33(3)18(12-19)5-6-21-24(33)22(36)13-34(4)20(8-10-35(21,34)43)17-11-23(37)44-14-17/h11,15-16,18-22,24-32,36,38-43H,5-10,12-14H2,1-4H3/t15-,16-,18+,19-,20+,21+,22+,24+,25-,26+,27-,28+,29+,30-,31-,32-,33-,34+,35-/m0/s1. The first-order valence-corrected chi connectivity index (χ1v) is 17.9. The molecule has 2 saturated heterocycles. The molecule has 0 amide bonds. The van der Waals surface area contributed by atoms with Gasteiger partial charge in [-0.15, -0.1) is 0 Å². The Balaban J connectivity index is 0.999. The molecular weight excluding hydrogens is 628 g/mol. The van der Waals surface area contributed by atoms with E-state index in [1.807, 2.05) is 0 Å². The first-order chi connectivity index (χ1) is 22.6. The Morgan fingerprint density at radius 3 is 2.21 bits per heavy atom. The summed E-state index contributed by atoms with van der Waals surface area (Å²) in [6.45, 7) is 7.78. The van der Waals surface area contributed by atoms with Crippen molar-refractivity contribution < 1.29 is 64.2 Å². The van der Waals surface area contributed by atoms with E-state index in [0.717, 1.165) is 31.3 Å². The van der Waals surface area contributed by atoms with Crippen molar-refractivity contribution in [2.45, 2.75) is 158 Å². The number of carbonyl (C=O) groups is 1. The highest BCUT2D eigenvalue weighted by Gasteiger charge is 2.70. The van der Waals surface area contributed by atoms with Gasteiger partial charge >= 0.3 is 5.97 Å². The summed E-state index contributed by atoms with van der Waals surface area (Å²) in [6.07, 6.45) is -6.09. The van der Waals surface area contributed by atoms with Gasteiger partial charge in [0.15, 0.2) is 12.6 Å². The summed E-state index contributed by atoms with van der Waals surface area (Å²) in [4.78, 5) is 11.9. The molecule has 0 aromatic heterocycles. The molecule has 3 aliphatic heterocycles. The van der Waals surface area contributed by atoms with Gasteiger partial charge in [-0.25, -0.2) is 4.79 Å². The third-order valence-electron chi connectivity index (χ3n) is 14.1. The van der Waals surface area contributed by atoms with Crippen LogP contribution in [-0.4, -0.2) is 128 Å². The second-order valence-corrected chi connectivity index (χ2v) is 16.4. The van der Waals surface area contributed by atoms with Crippen molar-refractivity contribution in [1.82, 2.24) is 0 Å². The Morgan fingerprint density at radius 1 is 0.812 bits per heavy atom. The molecule has 0 aromatic carbocycles. The third kappa shape index (κ3) is 5.34. The highest BCUT2D eigenvalue weighted by atomic mass is 16.7. The Labute approximate surface area is 281 Å². The van der Waals surface area contributed by atoms with Crippen LogP contribution < -0.4 is 0 Å². The molecule has 7 N–H and O–H groups in total. The summed E-state index contributed by atoms with van der Waals surface area (Å²) in [5, 5.41) is 77.0. The van der Waals surface area contributed by atoms with E-state index in [9.17, 15) is 40.5 Å². The van der Waals surface area contributed by atoms with Gasteiger partial charge in [-0.1, -0.05) is 13.8 Å². The fraction of sp³-hybridized carbons (Fsp3) is 0.914. The predicted molar refractivity (Wildman–Crippen MR) is 166 cm³/mol. The molecule has 4 aliphatic carbocycles. The number of fused-ring (bicyclic) bond motifs is 5. The zero-order valence-corrected chi connectivity index (χ0v) is 28.3. The van der Waals surface area contributed by atoms with Crippen molar-refractivity contribution >= 4 is 5.97 Å². The van der Waals surface area contributed by atoms with E-state index in [1.165, 1.54) is 6.92 Å². The number of hydrogen-bond acceptors (Lipinski definition) is 13. The van der Waals surface area contributed by atoms with Crippen LogP contribution in [0.1, 0.15) is 79.1 Å². The maximum Gasteiger partial charge on any atom is 0.331 e. The Hall–Kier alpha value is -1.23. The van der Waals surface area contributed by atoms with Crippen molar-refractivity contribution in [3.05, 3.63) is 11.6 Å². The summed E-state index contributed by atoms with van der Waals surface area (Å²) in [7, 11) is 0. The molecule has 272 valence electrons. The predicted octanol–water partition coefficient (Wildman–Crippen LogP) is 0.279. The lowest BCUT2D eigenvalue weighted by atomic mass is 9.42. The van der Waals surface area contributed by atoms with Gasteiger partial charge in [0.05, 0.1) is 30.0 Å². The molecule has 4 saturated carbocycles. The van der Waals surface area contributed by atoms with Crippen molar-refractivity contribution in [1.29, 1.82) is 0 Å². The molecule has 7 rings (SSSR count). The molecule has 0 spiro atoms. The Morgan fingerprint density at radius 2 is 1.50 bits per heavy atom. The monoisotopic (exact) mass is 682 g/mol. The normalized spacial score (nSPS) is 56.9. The fourth-order valence-electron chi connectivity index (χ4n) is 11.4. The molecule has 13 heteroatoms. The highest BCUT2D eigenvalue weighted by molar-refractivity contribution is 5.85. The quantitative estimate of drug-likeness (QED) is 0.154. The van der Waals surface area contributed by atoms with Crippen LogP contribution in [0.3, 0.4) is 0 Å². The molecule has 6 fully saturated rings. The first kappa shape index (κ1) is 35.2. The van der Waals surface area contributed by atoms with Crippen LogP contribution in [0.15, 0.2) is 11.6 Å². The largest absolute Gasteiger partial charge is 0.458 e. The summed E-state index contributed by atoms with van der Waals surface area (Å²) in [5.74, 6) is -0.273. The SMILES string of the molecule is C[C@@H]1O[C@@H](O[C@@H]2[C@@H](O)[C@@H](O)[C@H](O[C@H]3CC[C@@]4(C)[C@H](CC[C@@H]5[C@@H]4[C@H](O)C[C@]4(C)[C@@H](C6=CC(=O)OC6)CC[C@]54O)C3)O[C@H]2C)[C@H](O)[C@H](O)[C@H]1O. The first-order valence-electron chi connectivity index (χ1n) is 17.9. The second-order valence-electron chi connectivity index (χ2n) is 16.4.